The summed E-state index contributed by atoms with van der Waals surface area (Å²) >= 11 is 0. The second-order valence-electron chi connectivity index (χ2n) is 4.94. The molecule has 3 nitrogen and oxygen atoms in total. The molecule has 0 atom stereocenters. The van der Waals surface area contributed by atoms with Crippen molar-refractivity contribution in [2.75, 3.05) is 39.5 Å². The van der Waals surface area contributed by atoms with Crippen LogP contribution in [-0.2, 0) is 4.74 Å². The lowest BCUT2D eigenvalue weighted by molar-refractivity contribution is -0.896. The van der Waals surface area contributed by atoms with Gasteiger partial charge in [-0.05, 0) is 44.9 Å². The molecule has 0 fully saturated rings. The van der Waals surface area contributed by atoms with Crippen molar-refractivity contribution in [2.24, 2.45) is 0 Å². The largest absolute Gasteiger partial charge is 0.491 e. The van der Waals surface area contributed by atoms with Crippen LogP contribution in [0.3, 0.4) is 0 Å². The monoisotopic (exact) mass is 266 g/mol. The number of nitrogens with one attached hydrogen (secondary N) is 1. The highest BCUT2D eigenvalue weighted by Gasteiger charge is 2.02. The van der Waals surface area contributed by atoms with E-state index < -0.39 is 0 Å². The van der Waals surface area contributed by atoms with Gasteiger partial charge in [0.1, 0.15) is 18.9 Å². The molecule has 0 bridgehead atoms. The quantitative estimate of drug-likeness (QED) is 0.687. The number of ether oxygens (including phenoxy) is 2. The average Bonchev–Trinajstić information content (AvgIpc) is 2.42. The fraction of sp³-hybridized carbons (Fsp3) is 0.625. The van der Waals surface area contributed by atoms with Crippen LogP contribution in [0.1, 0.15) is 25.0 Å². The normalized spacial score (nSPS) is 11.0. The zero-order valence-corrected chi connectivity index (χ0v) is 12.8. The molecular weight excluding hydrogens is 238 g/mol. The first-order valence-electron chi connectivity index (χ1n) is 7.28. The second kappa shape index (κ2) is 8.94. The van der Waals surface area contributed by atoms with E-state index in [0.29, 0.717) is 13.2 Å². The van der Waals surface area contributed by atoms with Crippen molar-refractivity contribution in [3.05, 3.63) is 29.3 Å². The van der Waals surface area contributed by atoms with Gasteiger partial charge in [0.05, 0.1) is 26.3 Å². The molecule has 19 heavy (non-hydrogen) atoms. The van der Waals surface area contributed by atoms with Crippen molar-refractivity contribution < 1.29 is 14.4 Å². The Morgan fingerprint density at radius 1 is 1.00 bits per heavy atom. The minimum absolute atomic E-state index is 0.623. The summed E-state index contributed by atoms with van der Waals surface area (Å²) in [6.07, 6.45) is 0. The van der Waals surface area contributed by atoms with Crippen molar-refractivity contribution in [1.82, 2.24) is 0 Å². The lowest BCUT2D eigenvalue weighted by Gasteiger charge is -2.15. The topological polar surface area (TPSA) is 22.9 Å². The van der Waals surface area contributed by atoms with Crippen LogP contribution in [-0.4, -0.2) is 39.5 Å². The molecular formula is C16H28NO2+. The molecule has 0 unspecified atom stereocenters. The third-order valence-corrected chi connectivity index (χ3v) is 3.43. The third-order valence-electron chi connectivity index (χ3n) is 3.43. The molecule has 1 aromatic rings. The minimum atomic E-state index is 0.623. The van der Waals surface area contributed by atoms with Gasteiger partial charge in [-0.25, -0.2) is 0 Å². The van der Waals surface area contributed by atoms with E-state index in [1.807, 2.05) is 0 Å². The molecule has 0 aromatic heterocycles. The highest BCUT2D eigenvalue weighted by atomic mass is 16.5. The molecule has 0 aliphatic heterocycles. The lowest BCUT2D eigenvalue weighted by Crippen LogP contribution is -3.11. The second-order valence-corrected chi connectivity index (χ2v) is 4.94. The van der Waals surface area contributed by atoms with E-state index >= 15 is 0 Å². The summed E-state index contributed by atoms with van der Waals surface area (Å²) in [6, 6.07) is 6.27. The van der Waals surface area contributed by atoms with Gasteiger partial charge >= 0.3 is 0 Å². The smallest absolute Gasteiger partial charge is 0.122 e. The summed E-state index contributed by atoms with van der Waals surface area (Å²) in [5.41, 5.74) is 2.41. The van der Waals surface area contributed by atoms with Gasteiger partial charge in [0.2, 0.25) is 0 Å². The summed E-state index contributed by atoms with van der Waals surface area (Å²) in [5, 5.41) is 0. The Hall–Kier alpha value is -1.06. The summed E-state index contributed by atoms with van der Waals surface area (Å²) < 4.78 is 11.4. The lowest BCUT2D eigenvalue weighted by atomic mass is 10.1. The Kier molecular flexibility index (Phi) is 7.53. The Labute approximate surface area is 117 Å². The van der Waals surface area contributed by atoms with Gasteiger partial charge < -0.3 is 14.4 Å². The predicted molar refractivity (Wildman–Crippen MR) is 79.1 cm³/mol. The van der Waals surface area contributed by atoms with Gasteiger partial charge in [-0.2, -0.15) is 0 Å². The molecule has 0 aliphatic carbocycles. The first-order chi connectivity index (χ1) is 9.17. The molecule has 108 valence electrons. The molecule has 0 radical (unpaired) electrons. The number of hydrogen-bond donors (Lipinski definition) is 1. The summed E-state index contributed by atoms with van der Waals surface area (Å²) in [5.74, 6) is 0.970. The van der Waals surface area contributed by atoms with Crippen LogP contribution >= 0.6 is 0 Å². The van der Waals surface area contributed by atoms with Crippen molar-refractivity contribution >= 4 is 0 Å². The molecule has 0 spiro atoms. The summed E-state index contributed by atoms with van der Waals surface area (Å²) in [6.45, 7) is 14.1. The molecule has 0 saturated heterocycles. The Morgan fingerprint density at radius 3 is 2.42 bits per heavy atom. The molecule has 0 amide bonds. The molecule has 1 N–H and O–H groups in total. The number of aryl methyl sites for hydroxylation is 2. The average molecular weight is 266 g/mol. The highest BCUT2D eigenvalue weighted by Crippen LogP contribution is 2.18. The van der Waals surface area contributed by atoms with Crippen LogP contribution in [0.25, 0.3) is 0 Å². The van der Waals surface area contributed by atoms with Crippen molar-refractivity contribution in [3.8, 4) is 5.75 Å². The molecule has 1 aromatic carbocycles. The highest BCUT2D eigenvalue weighted by molar-refractivity contribution is 5.35. The van der Waals surface area contributed by atoms with Crippen LogP contribution in [0.2, 0.25) is 0 Å². The zero-order valence-electron chi connectivity index (χ0n) is 12.8. The molecule has 0 heterocycles. The zero-order chi connectivity index (χ0) is 14.1. The van der Waals surface area contributed by atoms with Crippen molar-refractivity contribution in [3.63, 3.8) is 0 Å². The molecule has 0 saturated carbocycles. The van der Waals surface area contributed by atoms with Gasteiger partial charge in [-0.3, -0.25) is 0 Å². The Bertz CT molecular complexity index is 362. The van der Waals surface area contributed by atoms with E-state index in [1.165, 1.54) is 24.2 Å². The standard InChI is InChI=1S/C16H27NO2/c1-5-17(6-2)9-10-18-11-12-19-16-13-14(3)7-8-15(16)4/h7-8,13H,5-6,9-12H2,1-4H3/p+1. The van der Waals surface area contributed by atoms with E-state index in [2.05, 4.69) is 45.9 Å². The number of benzene rings is 1. The van der Waals surface area contributed by atoms with Gasteiger partial charge in [-0.15, -0.1) is 0 Å². The van der Waals surface area contributed by atoms with Crippen molar-refractivity contribution in [2.45, 2.75) is 27.7 Å². The van der Waals surface area contributed by atoms with Crippen LogP contribution < -0.4 is 9.64 Å². The van der Waals surface area contributed by atoms with Crippen LogP contribution in [0, 0.1) is 13.8 Å². The van der Waals surface area contributed by atoms with Crippen LogP contribution in [0.4, 0.5) is 0 Å². The fourth-order valence-electron chi connectivity index (χ4n) is 2.00. The molecule has 3 heteroatoms. The van der Waals surface area contributed by atoms with Gasteiger partial charge in [0.25, 0.3) is 0 Å². The van der Waals surface area contributed by atoms with Crippen LogP contribution in [0.15, 0.2) is 18.2 Å². The first kappa shape index (κ1) is 16.0. The van der Waals surface area contributed by atoms with E-state index in [4.69, 9.17) is 9.47 Å². The maximum Gasteiger partial charge on any atom is 0.122 e. The van der Waals surface area contributed by atoms with E-state index in [-0.39, 0.29) is 0 Å². The van der Waals surface area contributed by atoms with E-state index in [1.54, 1.807) is 4.90 Å². The first-order valence-corrected chi connectivity index (χ1v) is 7.28. The van der Waals surface area contributed by atoms with E-state index in [9.17, 15) is 0 Å². The fourth-order valence-corrected chi connectivity index (χ4v) is 2.00. The van der Waals surface area contributed by atoms with Gasteiger partial charge in [0.15, 0.2) is 0 Å². The van der Waals surface area contributed by atoms with E-state index in [0.717, 1.165) is 18.9 Å². The number of rotatable bonds is 9. The number of hydrogen-bond acceptors (Lipinski definition) is 2. The Balaban J connectivity index is 2.15. The predicted octanol–water partition coefficient (Wildman–Crippen LogP) is 1.62. The Morgan fingerprint density at radius 2 is 1.74 bits per heavy atom. The SMILES string of the molecule is CC[NH+](CC)CCOCCOc1cc(C)ccc1C. The molecule has 1 rings (SSSR count). The number of quaternary nitrogens is 1. The summed E-state index contributed by atoms with van der Waals surface area (Å²) in [7, 11) is 0. The van der Waals surface area contributed by atoms with Crippen molar-refractivity contribution in [1.29, 1.82) is 0 Å². The maximum atomic E-state index is 5.75. The van der Waals surface area contributed by atoms with Gasteiger partial charge in [0, 0.05) is 0 Å². The van der Waals surface area contributed by atoms with Gasteiger partial charge in [-0.1, -0.05) is 12.1 Å². The minimum Gasteiger partial charge on any atom is -0.491 e. The summed E-state index contributed by atoms with van der Waals surface area (Å²) in [4.78, 5) is 1.58. The number of likely N-dealkylation sites (N-methyl/N-ethyl adjacent to an activating group) is 1. The maximum absolute atomic E-state index is 5.75. The molecule has 0 aliphatic rings. The van der Waals surface area contributed by atoms with Crippen LogP contribution in [0.5, 0.6) is 5.75 Å². The third kappa shape index (κ3) is 6.08.